The van der Waals surface area contributed by atoms with Gasteiger partial charge in [0.2, 0.25) is 0 Å². The van der Waals surface area contributed by atoms with Gasteiger partial charge in [0, 0.05) is 29.7 Å². The molecule has 0 atom stereocenters. The Labute approximate surface area is 128 Å². The number of nitrogens with one attached hydrogen (secondary N) is 1. The molecular weight excluding hydrogens is 260 g/mol. The zero-order valence-electron chi connectivity index (χ0n) is 14.2. The largest absolute Gasteiger partial charge is 0.491 e. The number of rotatable bonds is 6. The Morgan fingerprint density at radius 1 is 1.19 bits per heavy atom. The average Bonchev–Trinajstić information content (AvgIpc) is 2.63. The Balaban J connectivity index is 2.57. The second kappa shape index (κ2) is 6.52. The number of benzene rings is 1. The molecule has 0 aliphatic heterocycles. The van der Waals surface area contributed by atoms with Crippen molar-refractivity contribution < 1.29 is 4.74 Å². The van der Waals surface area contributed by atoms with Gasteiger partial charge in [-0.15, -0.1) is 0 Å². The summed E-state index contributed by atoms with van der Waals surface area (Å²) in [4.78, 5) is 0. The predicted octanol–water partition coefficient (Wildman–Crippen LogP) is 4.11. The van der Waals surface area contributed by atoms with Crippen LogP contribution in [0.25, 0.3) is 10.9 Å². The molecule has 1 heterocycles. The molecule has 21 heavy (non-hydrogen) atoms. The SMILES string of the molecule is CNCc1c(C)n(CC(C)C)c2ccc(OC(C)C)cc12. The molecule has 3 nitrogen and oxygen atoms in total. The summed E-state index contributed by atoms with van der Waals surface area (Å²) >= 11 is 0. The highest BCUT2D eigenvalue weighted by Crippen LogP contribution is 2.30. The predicted molar refractivity (Wildman–Crippen MR) is 90.0 cm³/mol. The second-order valence-electron chi connectivity index (χ2n) is 6.44. The summed E-state index contributed by atoms with van der Waals surface area (Å²) in [6, 6.07) is 6.47. The molecule has 3 heteroatoms. The fraction of sp³-hybridized carbons (Fsp3) is 0.556. The molecule has 1 aromatic heterocycles. The van der Waals surface area contributed by atoms with Crippen molar-refractivity contribution in [2.24, 2.45) is 5.92 Å². The third-order valence-corrected chi connectivity index (χ3v) is 3.70. The van der Waals surface area contributed by atoms with Gasteiger partial charge in [-0.2, -0.15) is 0 Å². The van der Waals surface area contributed by atoms with Crippen molar-refractivity contribution in [1.82, 2.24) is 9.88 Å². The van der Waals surface area contributed by atoms with E-state index in [-0.39, 0.29) is 6.10 Å². The summed E-state index contributed by atoms with van der Waals surface area (Å²) in [6.07, 6.45) is 0.203. The molecule has 1 aromatic carbocycles. The van der Waals surface area contributed by atoms with E-state index in [0.717, 1.165) is 18.8 Å². The monoisotopic (exact) mass is 288 g/mol. The Morgan fingerprint density at radius 3 is 2.48 bits per heavy atom. The van der Waals surface area contributed by atoms with Crippen LogP contribution >= 0.6 is 0 Å². The quantitative estimate of drug-likeness (QED) is 0.865. The molecule has 0 amide bonds. The van der Waals surface area contributed by atoms with Gasteiger partial charge in [0.05, 0.1) is 6.10 Å². The fourth-order valence-corrected chi connectivity index (χ4v) is 2.88. The highest BCUT2D eigenvalue weighted by atomic mass is 16.5. The average molecular weight is 288 g/mol. The van der Waals surface area contributed by atoms with E-state index in [1.54, 1.807) is 0 Å². The summed E-state index contributed by atoms with van der Waals surface area (Å²) in [6.45, 7) is 12.8. The minimum atomic E-state index is 0.203. The van der Waals surface area contributed by atoms with Crippen LogP contribution in [0, 0.1) is 12.8 Å². The third-order valence-electron chi connectivity index (χ3n) is 3.70. The van der Waals surface area contributed by atoms with Crippen LogP contribution in [0.15, 0.2) is 18.2 Å². The van der Waals surface area contributed by atoms with Crippen LogP contribution in [0.4, 0.5) is 0 Å². The lowest BCUT2D eigenvalue weighted by atomic mass is 10.1. The zero-order chi connectivity index (χ0) is 15.6. The van der Waals surface area contributed by atoms with E-state index in [1.165, 1.54) is 22.2 Å². The van der Waals surface area contributed by atoms with Crippen LogP contribution in [0.3, 0.4) is 0 Å². The number of fused-ring (bicyclic) bond motifs is 1. The Morgan fingerprint density at radius 2 is 1.90 bits per heavy atom. The van der Waals surface area contributed by atoms with Gasteiger partial charge in [-0.3, -0.25) is 0 Å². The first-order chi connectivity index (χ1) is 9.93. The molecule has 0 saturated heterocycles. The van der Waals surface area contributed by atoms with Crippen molar-refractivity contribution in [3.63, 3.8) is 0 Å². The smallest absolute Gasteiger partial charge is 0.120 e. The molecule has 0 aliphatic rings. The first kappa shape index (κ1) is 15.9. The molecule has 0 spiro atoms. The third kappa shape index (κ3) is 3.41. The second-order valence-corrected chi connectivity index (χ2v) is 6.44. The standard InChI is InChI=1S/C18H28N2O/c1-12(2)11-20-14(5)17(10-19-6)16-9-15(21-13(3)4)7-8-18(16)20/h7-9,12-13,19H,10-11H2,1-6H3. The maximum atomic E-state index is 5.86. The van der Waals surface area contributed by atoms with Crippen LogP contribution in [0.2, 0.25) is 0 Å². The number of ether oxygens (including phenoxy) is 1. The van der Waals surface area contributed by atoms with Crippen LogP contribution in [0.1, 0.15) is 39.0 Å². The minimum absolute atomic E-state index is 0.203. The zero-order valence-corrected chi connectivity index (χ0v) is 14.2. The van der Waals surface area contributed by atoms with Crippen LogP contribution in [-0.4, -0.2) is 17.7 Å². The van der Waals surface area contributed by atoms with Crippen molar-refractivity contribution >= 4 is 10.9 Å². The van der Waals surface area contributed by atoms with E-state index in [4.69, 9.17) is 4.74 Å². The summed E-state index contributed by atoms with van der Waals surface area (Å²) < 4.78 is 8.29. The lowest BCUT2D eigenvalue weighted by molar-refractivity contribution is 0.243. The molecule has 0 aliphatic carbocycles. The van der Waals surface area contributed by atoms with Crippen molar-refractivity contribution in [3.05, 3.63) is 29.5 Å². The van der Waals surface area contributed by atoms with Crippen molar-refractivity contribution in [1.29, 1.82) is 0 Å². The molecule has 116 valence electrons. The van der Waals surface area contributed by atoms with Gasteiger partial charge in [0.15, 0.2) is 0 Å². The van der Waals surface area contributed by atoms with Gasteiger partial charge in [-0.25, -0.2) is 0 Å². The van der Waals surface area contributed by atoms with E-state index in [2.05, 4.69) is 62.7 Å². The molecule has 2 aromatic rings. The van der Waals surface area contributed by atoms with Crippen molar-refractivity contribution in [2.45, 2.75) is 53.8 Å². The van der Waals surface area contributed by atoms with Gasteiger partial charge in [-0.1, -0.05) is 13.8 Å². The topological polar surface area (TPSA) is 26.2 Å². The summed E-state index contributed by atoms with van der Waals surface area (Å²) in [7, 11) is 2.00. The van der Waals surface area contributed by atoms with Crippen LogP contribution in [0.5, 0.6) is 5.75 Å². The number of hydrogen-bond donors (Lipinski definition) is 1. The molecule has 0 fully saturated rings. The summed E-state index contributed by atoms with van der Waals surface area (Å²) in [5.74, 6) is 1.59. The highest BCUT2D eigenvalue weighted by molar-refractivity contribution is 5.87. The van der Waals surface area contributed by atoms with Gasteiger partial charge in [-0.05, 0) is 57.5 Å². The van der Waals surface area contributed by atoms with E-state index in [9.17, 15) is 0 Å². The Hall–Kier alpha value is -1.48. The normalized spacial score (nSPS) is 11.8. The van der Waals surface area contributed by atoms with E-state index in [1.807, 2.05) is 7.05 Å². The molecule has 2 rings (SSSR count). The first-order valence-corrected chi connectivity index (χ1v) is 7.87. The number of aromatic nitrogens is 1. The number of hydrogen-bond acceptors (Lipinski definition) is 2. The van der Waals surface area contributed by atoms with Crippen LogP contribution < -0.4 is 10.1 Å². The molecule has 0 radical (unpaired) electrons. The summed E-state index contributed by atoms with van der Waals surface area (Å²) in [5, 5.41) is 4.60. The summed E-state index contributed by atoms with van der Waals surface area (Å²) in [5.41, 5.74) is 4.04. The van der Waals surface area contributed by atoms with Gasteiger partial charge in [0.25, 0.3) is 0 Å². The van der Waals surface area contributed by atoms with Crippen molar-refractivity contribution in [2.75, 3.05) is 7.05 Å². The minimum Gasteiger partial charge on any atom is -0.491 e. The lowest BCUT2D eigenvalue weighted by Gasteiger charge is -2.12. The lowest BCUT2D eigenvalue weighted by Crippen LogP contribution is -2.09. The van der Waals surface area contributed by atoms with Gasteiger partial charge in [0.1, 0.15) is 5.75 Å². The molecule has 0 bridgehead atoms. The van der Waals surface area contributed by atoms with Crippen LogP contribution in [-0.2, 0) is 13.1 Å². The Kier molecular flexibility index (Phi) is 4.94. The Bertz CT molecular complexity index is 611. The molecule has 0 unspecified atom stereocenters. The first-order valence-electron chi connectivity index (χ1n) is 7.87. The van der Waals surface area contributed by atoms with E-state index in [0.29, 0.717) is 5.92 Å². The van der Waals surface area contributed by atoms with Crippen molar-refractivity contribution in [3.8, 4) is 5.75 Å². The van der Waals surface area contributed by atoms with Gasteiger partial charge >= 0.3 is 0 Å². The maximum Gasteiger partial charge on any atom is 0.120 e. The molecule has 1 N–H and O–H groups in total. The van der Waals surface area contributed by atoms with E-state index < -0.39 is 0 Å². The highest BCUT2D eigenvalue weighted by Gasteiger charge is 2.15. The molecule has 0 saturated carbocycles. The molecular formula is C18H28N2O. The fourth-order valence-electron chi connectivity index (χ4n) is 2.88. The van der Waals surface area contributed by atoms with Gasteiger partial charge < -0.3 is 14.6 Å². The number of nitrogens with zero attached hydrogens (tertiary/aromatic N) is 1. The maximum absolute atomic E-state index is 5.86. The van der Waals surface area contributed by atoms with E-state index >= 15 is 0 Å².